The molecule has 0 heterocycles. The molecule has 0 aliphatic heterocycles. The highest BCUT2D eigenvalue weighted by molar-refractivity contribution is 5.80. The molecule has 0 aromatic rings. The van der Waals surface area contributed by atoms with E-state index in [-0.39, 0.29) is 5.92 Å². The molecule has 0 unspecified atom stereocenters. The van der Waals surface area contributed by atoms with E-state index < -0.39 is 0 Å². The van der Waals surface area contributed by atoms with Crippen molar-refractivity contribution in [3.05, 3.63) is 0 Å². The lowest BCUT2D eigenvalue weighted by Crippen LogP contribution is -2.21. The Balaban J connectivity index is 1.98. The van der Waals surface area contributed by atoms with E-state index in [2.05, 4.69) is 0 Å². The zero-order valence-corrected chi connectivity index (χ0v) is 12.8. The van der Waals surface area contributed by atoms with E-state index in [0.717, 1.165) is 32.2 Å². The number of ether oxygens (including phenoxy) is 2. The van der Waals surface area contributed by atoms with Gasteiger partial charge in [0.1, 0.15) is 5.78 Å². The number of ketones is 1. The summed E-state index contributed by atoms with van der Waals surface area (Å²) in [5.74, 6) is 1.98. The first-order valence-electron chi connectivity index (χ1n) is 7.72. The van der Waals surface area contributed by atoms with Gasteiger partial charge >= 0.3 is 0 Å². The molecule has 1 rings (SSSR count). The van der Waals surface area contributed by atoms with Gasteiger partial charge in [-0.3, -0.25) is 4.79 Å². The molecule has 0 radical (unpaired) electrons. The minimum absolute atomic E-state index is 0.163. The normalized spacial score (nSPS) is 23.8. The van der Waals surface area contributed by atoms with E-state index in [9.17, 15) is 4.79 Å². The molecule has 0 bridgehead atoms. The smallest absolute Gasteiger partial charge is 0.135 e. The van der Waals surface area contributed by atoms with Gasteiger partial charge in [-0.1, -0.05) is 13.8 Å². The van der Waals surface area contributed by atoms with E-state index in [1.54, 1.807) is 7.11 Å². The molecule has 0 N–H and O–H groups in total. The molecule has 0 aromatic heterocycles. The second-order valence-electron chi connectivity index (χ2n) is 6.14. The van der Waals surface area contributed by atoms with Crippen molar-refractivity contribution < 1.29 is 14.3 Å². The molecule has 1 aliphatic rings. The third-order valence-electron chi connectivity index (χ3n) is 4.08. The Morgan fingerprint density at radius 1 is 1.11 bits per heavy atom. The fourth-order valence-corrected chi connectivity index (χ4v) is 2.69. The molecule has 1 saturated carbocycles. The van der Waals surface area contributed by atoms with Crippen LogP contribution in [-0.2, 0) is 14.3 Å². The van der Waals surface area contributed by atoms with Crippen LogP contribution in [0.5, 0.6) is 0 Å². The number of carbonyl (C=O) groups excluding carboxylic acids is 1. The van der Waals surface area contributed by atoms with E-state index in [4.69, 9.17) is 9.47 Å². The van der Waals surface area contributed by atoms with Gasteiger partial charge in [0.2, 0.25) is 0 Å². The first-order chi connectivity index (χ1) is 9.13. The van der Waals surface area contributed by atoms with Crippen LogP contribution < -0.4 is 0 Å². The van der Waals surface area contributed by atoms with Gasteiger partial charge in [0.25, 0.3) is 0 Å². The summed E-state index contributed by atoms with van der Waals surface area (Å²) in [6.07, 6.45) is 6.60. The van der Waals surface area contributed by atoms with Gasteiger partial charge in [-0.05, 0) is 43.9 Å². The quantitative estimate of drug-likeness (QED) is 0.602. The summed E-state index contributed by atoms with van der Waals surface area (Å²) in [5, 5.41) is 0. The van der Waals surface area contributed by atoms with Crippen molar-refractivity contribution in [2.24, 2.45) is 17.8 Å². The van der Waals surface area contributed by atoms with Crippen LogP contribution in [0.3, 0.4) is 0 Å². The molecule has 19 heavy (non-hydrogen) atoms. The van der Waals surface area contributed by atoms with Gasteiger partial charge in [0, 0.05) is 39.3 Å². The number of hydrogen-bond acceptors (Lipinski definition) is 3. The van der Waals surface area contributed by atoms with E-state index in [1.165, 1.54) is 25.7 Å². The molecule has 112 valence electrons. The lowest BCUT2D eigenvalue weighted by atomic mass is 9.83. The van der Waals surface area contributed by atoms with Gasteiger partial charge in [-0.2, -0.15) is 0 Å². The Morgan fingerprint density at radius 2 is 1.68 bits per heavy atom. The van der Waals surface area contributed by atoms with Crippen molar-refractivity contribution in [2.45, 2.75) is 52.4 Å². The van der Waals surface area contributed by atoms with Crippen molar-refractivity contribution in [3.63, 3.8) is 0 Å². The van der Waals surface area contributed by atoms with Crippen molar-refractivity contribution in [1.29, 1.82) is 0 Å². The summed E-state index contributed by atoms with van der Waals surface area (Å²) < 4.78 is 10.9. The third-order valence-corrected chi connectivity index (χ3v) is 4.08. The minimum atomic E-state index is 0.163. The molecule has 1 fully saturated rings. The number of carbonyl (C=O) groups is 1. The van der Waals surface area contributed by atoms with Crippen LogP contribution in [0.2, 0.25) is 0 Å². The summed E-state index contributed by atoms with van der Waals surface area (Å²) in [6, 6.07) is 0. The van der Waals surface area contributed by atoms with Crippen LogP contribution in [0.4, 0.5) is 0 Å². The van der Waals surface area contributed by atoms with Gasteiger partial charge in [-0.15, -0.1) is 0 Å². The van der Waals surface area contributed by atoms with Crippen LogP contribution in [0, 0.1) is 17.8 Å². The predicted octanol–water partition coefficient (Wildman–Crippen LogP) is 3.46. The molecule has 0 spiro atoms. The lowest BCUT2D eigenvalue weighted by Gasteiger charge is -2.27. The van der Waals surface area contributed by atoms with Gasteiger partial charge in [-0.25, -0.2) is 0 Å². The molecule has 0 saturated heterocycles. The molecular formula is C16H30O3. The maximum absolute atomic E-state index is 11.4. The second-order valence-corrected chi connectivity index (χ2v) is 6.14. The highest BCUT2D eigenvalue weighted by atomic mass is 16.5. The monoisotopic (exact) mass is 270 g/mol. The fourth-order valence-electron chi connectivity index (χ4n) is 2.69. The molecule has 1 aliphatic carbocycles. The van der Waals surface area contributed by atoms with Gasteiger partial charge < -0.3 is 9.47 Å². The number of hydrogen-bond donors (Lipinski definition) is 0. The summed E-state index contributed by atoms with van der Waals surface area (Å²) >= 11 is 0. The maximum atomic E-state index is 11.4. The summed E-state index contributed by atoms with van der Waals surface area (Å²) in [4.78, 5) is 11.4. The molecule has 0 aromatic carbocycles. The molecule has 3 nitrogen and oxygen atoms in total. The number of rotatable bonds is 9. The lowest BCUT2D eigenvalue weighted by molar-refractivity contribution is -0.122. The topological polar surface area (TPSA) is 35.5 Å². The Kier molecular flexibility index (Phi) is 8.31. The fraction of sp³-hybridized carbons (Fsp3) is 0.938. The van der Waals surface area contributed by atoms with Crippen molar-refractivity contribution in [1.82, 2.24) is 0 Å². The zero-order valence-electron chi connectivity index (χ0n) is 12.8. The van der Waals surface area contributed by atoms with Crippen LogP contribution in [0.25, 0.3) is 0 Å². The first-order valence-corrected chi connectivity index (χ1v) is 7.72. The van der Waals surface area contributed by atoms with E-state index >= 15 is 0 Å². The Hall–Kier alpha value is -0.410. The van der Waals surface area contributed by atoms with Crippen LogP contribution in [0.15, 0.2) is 0 Å². The highest BCUT2D eigenvalue weighted by Crippen LogP contribution is 2.29. The summed E-state index contributed by atoms with van der Waals surface area (Å²) in [6.45, 7) is 6.43. The molecule has 0 amide bonds. The van der Waals surface area contributed by atoms with Gasteiger partial charge in [0.15, 0.2) is 0 Å². The minimum Gasteiger partial charge on any atom is -0.384 e. The standard InChI is InChI=1S/C16H30O3/c1-13(2)16(17)5-4-10-19-12-15-8-6-14(7-9-15)11-18-3/h13-15H,4-12H2,1-3H3. The Morgan fingerprint density at radius 3 is 2.21 bits per heavy atom. The third kappa shape index (κ3) is 7.07. The molecule has 3 heteroatoms. The van der Waals surface area contributed by atoms with Crippen LogP contribution >= 0.6 is 0 Å². The molecular weight excluding hydrogens is 240 g/mol. The highest BCUT2D eigenvalue weighted by Gasteiger charge is 2.21. The largest absolute Gasteiger partial charge is 0.384 e. The van der Waals surface area contributed by atoms with E-state index in [1.807, 2.05) is 13.8 Å². The first kappa shape index (κ1) is 16.6. The predicted molar refractivity (Wildman–Crippen MR) is 77.2 cm³/mol. The average Bonchev–Trinajstić information content (AvgIpc) is 2.40. The summed E-state index contributed by atoms with van der Waals surface area (Å²) in [7, 11) is 1.79. The number of methoxy groups -OCH3 is 1. The average molecular weight is 270 g/mol. The Bertz CT molecular complexity index is 242. The number of Topliss-reactive ketones (excluding diaryl/α,β-unsaturated/α-hetero) is 1. The summed E-state index contributed by atoms with van der Waals surface area (Å²) in [5.41, 5.74) is 0. The van der Waals surface area contributed by atoms with Crippen molar-refractivity contribution in [2.75, 3.05) is 26.9 Å². The maximum Gasteiger partial charge on any atom is 0.135 e. The van der Waals surface area contributed by atoms with Crippen LogP contribution in [0.1, 0.15) is 52.4 Å². The SMILES string of the molecule is COCC1CCC(COCCCC(=O)C(C)C)CC1. The van der Waals surface area contributed by atoms with E-state index in [0.29, 0.717) is 18.1 Å². The van der Waals surface area contributed by atoms with Crippen molar-refractivity contribution >= 4 is 5.78 Å². The van der Waals surface area contributed by atoms with Crippen LogP contribution in [-0.4, -0.2) is 32.7 Å². The zero-order chi connectivity index (χ0) is 14.1. The van der Waals surface area contributed by atoms with Gasteiger partial charge in [0.05, 0.1) is 0 Å². The van der Waals surface area contributed by atoms with Crippen molar-refractivity contribution in [3.8, 4) is 0 Å². The molecule has 0 atom stereocenters. The Labute approximate surface area is 118 Å². The second kappa shape index (κ2) is 9.49.